The van der Waals surface area contributed by atoms with E-state index in [4.69, 9.17) is 0 Å². The zero-order valence-electron chi connectivity index (χ0n) is 7.61. The summed E-state index contributed by atoms with van der Waals surface area (Å²) in [7, 11) is 0. The van der Waals surface area contributed by atoms with Crippen molar-refractivity contribution < 1.29 is 4.79 Å². The van der Waals surface area contributed by atoms with Crippen LogP contribution in [0, 0.1) is 6.92 Å². The van der Waals surface area contributed by atoms with Gasteiger partial charge in [0.2, 0.25) is 5.91 Å². The summed E-state index contributed by atoms with van der Waals surface area (Å²) in [6.45, 7) is 3.49. The van der Waals surface area contributed by atoms with E-state index in [0.29, 0.717) is 0 Å². The molecular formula is C10H10N2O. The van der Waals surface area contributed by atoms with Crippen LogP contribution in [0.15, 0.2) is 24.4 Å². The first-order chi connectivity index (χ1) is 6.20. The van der Waals surface area contributed by atoms with E-state index in [-0.39, 0.29) is 5.91 Å². The molecule has 0 aliphatic rings. The fraction of sp³-hybridized carbons (Fsp3) is 0.200. The second-order valence-electron chi connectivity index (χ2n) is 3.09. The molecule has 0 N–H and O–H groups in total. The van der Waals surface area contributed by atoms with Crippen molar-refractivity contribution in [1.82, 2.24) is 9.78 Å². The number of carbonyl (C=O) groups is 1. The van der Waals surface area contributed by atoms with Crippen LogP contribution in [0.25, 0.3) is 10.9 Å². The van der Waals surface area contributed by atoms with Crippen LogP contribution in [-0.4, -0.2) is 15.7 Å². The van der Waals surface area contributed by atoms with E-state index in [2.05, 4.69) is 5.10 Å². The van der Waals surface area contributed by atoms with E-state index in [0.717, 1.165) is 16.5 Å². The van der Waals surface area contributed by atoms with Gasteiger partial charge in [0.15, 0.2) is 0 Å². The van der Waals surface area contributed by atoms with Gasteiger partial charge in [-0.15, -0.1) is 0 Å². The van der Waals surface area contributed by atoms with Crippen molar-refractivity contribution in [3.05, 3.63) is 30.0 Å². The maximum absolute atomic E-state index is 11.2. The topological polar surface area (TPSA) is 34.9 Å². The average Bonchev–Trinajstić information content (AvgIpc) is 2.49. The summed E-state index contributed by atoms with van der Waals surface area (Å²) in [6, 6.07) is 5.89. The fourth-order valence-corrected chi connectivity index (χ4v) is 1.49. The maximum Gasteiger partial charge on any atom is 0.244 e. The Morgan fingerprint density at radius 2 is 2.23 bits per heavy atom. The molecule has 0 spiro atoms. The Bertz CT molecular complexity index is 471. The predicted molar refractivity (Wildman–Crippen MR) is 50.8 cm³/mol. The molecule has 1 aromatic heterocycles. The molecule has 0 fully saturated rings. The molecule has 0 aliphatic heterocycles. The molecular weight excluding hydrogens is 164 g/mol. The van der Waals surface area contributed by atoms with Crippen molar-refractivity contribution in [2.75, 3.05) is 0 Å². The summed E-state index contributed by atoms with van der Waals surface area (Å²) in [5.41, 5.74) is 1.99. The van der Waals surface area contributed by atoms with Crippen LogP contribution >= 0.6 is 0 Å². The second-order valence-corrected chi connectivity index (χ2v) is 3.09. The molecule has 66 valence electrons. The Labute approximate surface area is 76.0 Å². The molecule has 0 aliphatic carbocycles. The summed E-state index contributed by atoms with van der Waals surface area (Å²) in [5.74, 6) is -0.0516. The minimum Gasteiger partial charge on any atom is -0.273 e. The molecule has 2 aromatic rings. The van der Waals surface area contributed by atoms with Crippen molar-refractivity contribution in [2.45, 2.75) is 13.8 Å². The number of nitrogens with zero attached hydrogens (tertiary/aromatic N) is 2. The first-order valence-electron chi connectivity index (χ1n) is 4.14. The average molecular weight is 174 g/mol. The molecule has 1 aromatic carbocycles. The lowest BCUT2D eigenvalue weighted by atomic mass is 10.2. The number of fused-ring (bicyclic) bond motifs is 1. The summed E-state index contributed by atoms with van der Waals surface area (Å²) in [4.78, 5) is 11.2. The zero-order valence-corrected chi connectivity index (χ0v) is 7.61. The third-order valence-corrected chi connectivity index (χ3v) is 2.09. The van der Waals surface area contributed by atoms with Gasteiger partial charge in [-0.1, -0.05) is 18.2 Å². The Hall–Kier alpha value is -1.64. The molecule has 0 amide bonds. The molecule has 3 heteroatoms. The number of aryl methyl sites for hydroxylation is 1. The highest BCUT2D eigenvalue weighted by atomic mass is 16.2. The van der Waals surface area contributed by atoms with Gasteiger partial charge in [-0.05, 0) is 12.5 Å². The van der Waals surface area contributed by atoms with E-state index in [1.165, 1.54) is 11.6 Å². The third kappa shape index (κ3) is 1.13. The Morgan fingerprint density at radius 3 is 2.92 bits per heavy atom. The monoisotopic (exact) mass is 174 g/mol. The molecule has 0 saturated heterocycles. The van der Waals surface area contributed by atoms with Crippen LogP contribution < -0.4 is 0 Å². The fourth-order valence-electron chi connectivity index (χ4n) is 1.49. The molecule has 0 saturated carbocycles. The Kier molecular flexibility index (Phi) is 1.65. The summed E-state index contributed by atoms with van der Waals surface area (Å²) < 4.78 is 1.44. The largest absolute Gasteiger partial charge is 0.273 e. The van der Waals surface area contributed by atoms with Gasteiger partial charge in [-0.25, -0.2) is 4.68 Å². The van der Waals surface area contributed by atoms with Gasteiger partial charge in [-0.3, -0.25) is 4.79 Å². The molecule has 2 rings (SSSR count). The van der Waals surface area contributed by atoms with Crippen molar-refractivity contribution in [3.63, 3.8) is 0 Å². The number of aromatic nitrogens is 2. The van der Waals surface area contributed by atoms with Crippen molar-refractivity contribution >= 4 is 16.8 Å². The van der Waals surface area contributed by atoms with Crippen molar-refractivity contribution in [2.24, 2.45) is 0 Å². The summed E-state index contributed by atoms with van der Waals surface area (Å²) in [5, 5.41) is 5.03. The van der Waals surface area contributed by atoms with E-state index >= 15 is 0 Å². The Balaban J connectivity index is 2.86. The standard InChI is InChI=1S/C10H10N2O/c1-7-4-3-5-9-6-11-12(8(2)13)10(7)9/h3-6H,1-2H3. The van der Waals surface area contributed by atoms with E-state index in [9.17, 15) is 4.79 Å². The smallest absolute Gasteiger partial charge is 0.244 e. The number of carbonyl (C=O) groups excluding carboxylic acids is 1. The Morgan fingerprint density at radius 1 is 1.46 bits per heavy atom. The third-order valence-electron chi connectivity index (χ3n) is 2.09. The number of hydrogen-bond acceptors (Lipinski definition) is 2. The minimum atomic E-state index is -0.0516. The molecule has 1 heterocycles. The molecule has 0 bridgehead atoms. The normalized spacial score (nSPS) is 10.6. The highest BCUT2D eigenvalue weighted by molar-refractivity contribution is 5.91. The van der Waals surface area contributed by atoms with Gasteiger partial charge in [0.25, 0.3) is 0 Å². The minimum absolute atomic E-state index is 0.0516. The molecule has 3 nitrogen and oxygen atoms in total. The maximum atomic E-state index is 11.2. The molecule has 0 unspecified atom stereocenters. The first-order valence-corrected chi connectivity index (χ1v) is 4.14. The summed E-state index contributed by atoms with van der Waals surface area (Å²) >= 11 is 0. The van der Waals surface area contributed by atoms with Gasteiger partial charge < -0.3 is 0 Å². The molecule has 0 radical (unpaired) electrons. The SMILES string of the molecule is CC(=O)n1ncc2cccc(C)c21. The van der Waals surface area contributed by atoms with Crippen LogP contribution in [0.1, 0.15) is 17.3 Å². The van der Waals surface area contributed by atoms with Crippen LogP contribution in [0.2, 0.25) is 0 Å². The highest BCUT2D eigenvalue weighted by Crippen LogP contribution is 2.17. The predicted octanol–water partition coefficient (Wildman–Crippen LogP) is 2.00. The van der Waals surface area contributed by atoms with Crippen LogP contribution in [0.3, 0.4) is 0 Å². The first kappa shape index (κ1) is 7.98. The highest BCUT2D eigenvalue weighted by Gasteiger charge is 2.07. The number of rotatable bonds is 0. The van der Waals surface area contributed by atoms with Gasteiger partial charge >= 0.3 is 0 Å². The van der Waals surface area contributed by atoms with Gasteiger partial charge in [0.1, 0.15) is 0 Å². The number of hydrogen-bond donors (Lipinski definition) is 0. The van der Waals surface area contributed by atoms with Crippen LogP contribution in [-0.2, 0) is 0 Å². The van der Waals surface area contributed by atoms with E-state index in [1.807, 2.05) is 25.1 Å². The summed E-state index contributed by atoms with van der Waals surface area (Å²) in [6.07, 6.45) is 1.71. The van der Waals surface area contributed by atoms with Crippen LogP contribution in [0.4, 0.5) is 0 Å². The van der Waals surface area contributed by atoms with Gasteiger partial charge in [0, 0.05) is 12.3 Å². The van der Waals surface area contributed by atoms with Gasteiger partial charge in [-0.2, -0.15) is 5.10 Å². The zero-order chi connectivity index (χ0) is 9.42. The van der Waals surface area contributed by atoms with Gasteiger partial charge in [0.05, 0.1) is 11.7 Å². The van der Waals surface area contributed by atoms with Crippen molar-refractivity contribution in [3.8, 4) is 0 Å². The lowest BCUT2D eigenvalue weighted by Crippen LogP contribution is -2.07. The number of para-hydroxylation sites is 1. The lowest BCUT2D eigenvalue weighted by Gasteiger charge is -1.99. The quantitative estimate of drug-likeness (QED) is 0.612. The molecule has 13 heavy (non-hydrogen) atoms. The van der Waals surface area contributed by atoms with Crippen molar-refractivity contribution in [1.29, 1.82) is 0 Å². The lowest BCUT2D eigenvalue weighted by molar-refractivity contribution is 0.0926. The van der Waals surface area contributed by atoms with E-state index in [1.54, 1.807) is 6.20 Å². The van der Waals surface area contributed by atoms with E-state index < -0.39 is 0 Å². The number of benzene rings is 1. The molecule has 0 atom stereocenters. The second kappa shape index (κ2) is 2.69. The van der Waals surface area contributed by atoms with Crippen LogP contribution in [0.5, 0.6) is 0 Å².